The SMILES string of the molecule is COCOCC[C@H](c1ccccc1I)[C@@H]1CC1OC(N)=O. The van der Waals surface area contributed by atoms with Gasteiger partial charge in [-0.3, -0.25) is 0 Å². The molecule has 0 aliphatic heterocycles. The zero-order valence-corrected chi connectivity index (χ0v) is 14.1. The Morgan fingerprint density at radius 2 is 2.24 bits per heavy atom. The largest absolute Gasteiger partial charge is 0.446 e. The molecule has 1 aliphatic rings. The number of primary amides is 1. The van der Waals surface area contributed by atoms with E-state index in [1.165, 1.54) is 9.13 Å². The van der Waals surface area contributed by atoms with E-state index in [2.05, 4.69) is 34.7 Å². The van der Waals surface area contributed by atoms with E-state index in [1.54, 1.807) is 7.11 Å². The van der Waals surface area contributed by atoms with Crippen LogP contribution in [0.4, 0.5) is 4.79 Å². The molecule has 1 aromatic rings. The standard InChI is InChI=1S/C15H20INO4/c1-19-9-20-7-6-10(11-4-2-3-5-13(11)16)12-8-14(12)21-15(17)18/h2-5,10,12,14H,6-9H2,1H3,(H2,17,18)/t10-,12+,14?/m1/s1. The quantitative estimate of drug-likeness (QED) is 0.410. The summed E-state index contributed by atoms with van der Waals surface area (Å²) in [5.74, 6) is 0.624. The molecule has 21 heavy (non-hydrogen) atoms. The van der Waals surface area contributed by atoms with E-state index >= 15 is 0 Å². The fraction of sp³-hybridized carbons (Fsp3) is 0.533. The third-order valence-corrected chi connectivity index (χ3v) is 4.62. The van der Waals surface area contributed by atoms with Crippen LogP contribution < -0.4 is 5.73 Å². The van der Waals surface area contributed by atoms with Crippen LogP contribution in [-0.2, 0) is 14.2 Å². The molecule has 1 amide bonds. The fourth-order valence-corrected chi connectivity index (χ4v) is 3.41. The highest BCUT2D eigenvalue weighted by Gasteiger charge is 2.46. The molecule has 1 unspecified atom stereocenters. The molecule has 5 nitrogen and oxygen atoms in total. The summed E-state index contributed by atoms with van der Waals surface area (Å²) < 4.78 is 16.6. The van der Waals surface area contributed by atoms with Gasteiger partial charge in [0.2, 0.25) is 0 Å². The van der Waals surface area contributed by atoms with Crippen LogP contribution in [-0.4, -0.2) is 32.7 Å². The first-order valence-electron chi connectivity index (χ1n) is 6.90. The monoisotopic (exact) mass is 405 g/mol. The molecule has 0 spiro atoms. The third-order valence-electron chi connectivity index (χ3n) is 3.64. The number of nitrogens with two attached hydrogens (primary N) is 1. The van der Waals surface area contributed by atoms with Crippen molar-refractivity contribution in [3.8, 4) is 0 Å². The number of carbonyl (C=O) groups is 1. The van der Waals surface area contributed by atoms with Gasteiger partial charge in [-0.15, -0.1) is 0 Å². The summed E-state index contributed by atoms with van der Waals surface area (Å²) in [4.78, 5) is 10.9. The zero-order chi connectivity index (χ0) is 15.2. The summed E-state index contributed by atoms with van der Waals surface area (Å²) in [6.45, 7) is 0.910. The predicted octanol–water partition coefficient (Wildman–Crippen LogP) is 2.87. The van der Waals surface area contributed by atoms with E-state index < -0.39 is 6.09 Å². The van der Waals surface area contributed by atoms with E-state index in [0.717, 1.165) is 12.8 Å². The number of rotatable bonds is 8. The van der Waals surface area contributed by atoms with Crippen molar-refractivity contribution in [2.45, 2.75) is 24.9 Å². The zero-order valence-electron chi connectivity index (χ0n) is 12.0. The van der Waals surface area contributed by atoms with Crippen LogP contribution in [0.25, 0.3) is 0 Å². The van der Waals surface area contributed by atoms with Crippen molar-refractivity contribution in [1.29, 1.82) is 0 Å². The molecular weight excluding hydrogens is 385 g/mol. The lowest BCUT2D eigenvalue weighted by Crippen LogP contribution is -2.17. The Morgan fingerprint density at radius 3 is 2.90 bits per heavy atom. The summed E-state index contributed by atoms with van der Waals surface area (Å²) in [6.07, 6.45) is 0.973. The summed E-state index contributed by atoms with van der Waals surface area (Å²) in [5.41, 5.74) is 6.38. The van der Waals surface area contributed by atoms with Crippen LogP contribution in [0.1, 0.15) is 24.3 Å². The number of amides is 1. The van der Waals surface area contributed by atoms with Gasteiger partial charge in [-0.25, -0.2) is 4.79 Å². The molecular formula is C15H20INO4. The molecule has 0 bridgehead atoms. The normalized spacial score (nSPS) is 21.8. The van der Waals surface area contributed by atoms with Crippen LogP contribution in [0.15, 0.2) is 24.3 Å². The second-order valence-electron chi connectivity index (χ2n) is 5.11. The molecule has 0 saturated heterocycles. The van der Waals surface area contributed by atoms with Gasteiger partial charge in [0.05, 0.1) is 6.61 Å². The van der Waals surface area contributed by atoms with E-state index in [-0.39, 0.29) is 6.10 Å². The van der Waals surface area contributed by atoms with Crippen molar-refractivity contribution in [3.63, 3.8) is 0 Å². The lowest BCUT2D eigenvalue weighted by molar-refractivity contribution is -0.0332. The number of ether oxygens (including phenoxy) is 3. The maximum atomic E-state index is 10.9. The van der Waals surface area contributed by atoms with E-state index in [0.29, 0.717) is 25.2 Å². The second kappa shape index (κ2) is 7.95. The van der Waals surface area contributed by atoms with Crippen LogP contribution in [0, 0.1) is 9.49 Å². The Labute approximate surface area is 138 Å². The highest BCUT2D eigenvalue weighted by atomic mass is 127. The number of hydrogen-bond donors (Lipinski definition) is 1. The lowest BCUT2D eigenvalue weighted by atomic mass is 9.91. The van der Waals surface area contributed by atoms with Crippen molar-refractivity contribution in [2.75, 3.05) is 20.5 Å². The maximum Gasteiger partial charge on any atom is 0.404 e. The molecule has 0 radical (unpaired) electrons. The minimum atomic E-state index is -0.695. The highest BCUT2D eigenvalue weighted by Crippen LogP contribution is 2.47. The van der Waals surface area contributed by atoms with Crippen molar-refractivity contribution < 1.29 is 19.0 Å². The van der Waals surface area contributed by atoms with Crippen molar-refractivity contribution in [1.82, 2.24) is 0 Å². The van der Waals surface area contributed by atoms with Crippen LogP contribution in [0.3, 0.4) is 0 Å². The minimum Gasteiger partial charge on any atom is -0.446 e. The Bertz CT molecular complexity index is 482. The summed E-state index contributed by atoms with van der Waals surface area (Å²) in [7, 11) is 1.61. The predicted molar refractivity (Wildman–Crippen MR) is 86.9 cm³/mol. The average Bonchev–Trinajstić information content (AvgIpc) is 3.18. The highest BCUT2D eigenvalue weighted by molar-refractivity contribution is 14.1. The molecule has 2 rings (SSSR count). The second-order valence-corrected chi connectivity index (χ2v) is 6.27. The van der Waals surface area contributed by atoms with Gasteiger partial charge in [0, 0.05) is 16.6 Å². The van der Waals surface area contributed by atoms with Crippen LogP contribution in [0.2, 0.25) is 0 Å². The number of benzene rings is 1. The third kappa shape index (κ3) is 4.82. The average molecular weight is 405 g/mol. The fourth-order valence-electron chi connectivity index (χ4n) is 2.63. The van der Waals surface area contributed by atoms with Gasteiger partial charge in [0.25, 0.3) is 0 Å². The number of halogens is 1. The van der Waals surface area contributed by atoms with Crippen molar-refractivity contribution in [2.24, 2.45) is 11.7 Å². The number of hydrogen-bond acceptors (Lipinski definition) is 4. The lowest BCUT2D eigenvalue weighted by Gasteiger charge is -2.19. The van der Waals surface area contributed by atoms with Gasteiger partial charge in [0.1, 0.15) is 12.9 Å². The summed E-state index contributed by atoms with van der Waals surface area (Å²) >= 11 is 2.34. The first-order valence-corrected chi connectivity index (χ1v) is 7.98. The van der Waals surface area contributed by atoms with Crippen LogP contribution >= 0.6 is 22.6 Å². The summed E-state index contributed by atoms with van der Waals surface area (Å²) in [6, 6.07) is 8.27. The molecule has 1 aromatic carbocycles. The van der Waals surface area contributed by atoms with Gasteiger partial charge < -0.3 is 19.9 Å². The van der Waals surface area contributed by atoms with Gasteiger partial charge >= 0.3 is 6.09 Å². The molecule has 1 saturated carbocycles. The van der Waals surface area contributed by atoms with Gasteiger partial charge in [-0.1, -0.05) is 18.2 Å². The van der Waals surface area contributed by atoms with E-state index in [9.17, 15) is 4.79 Å². The molecule has 0 heterocycles. The number of methoxy groups -OCH3 is 1. The van der Waals surface area contributed by atoms with Crippen LogP contribution in [0.5, 0.6) is 0 Å². The minimum absolute atomic E-state index is 0.0640. The molecule has 2 N–H and O–H groups in total. The van der Waals surface area contributed by atoms with Crippen molar-refractivity contribution in [3.05, 3.63) is 33.4 Å². The Morgan fingerprint density at radius 1 is 1.48 bits per heavy atom. The molecule has 0 aromatic heterocycles. The van der Waals surface area contributed by atoms with Gasteiger partial charge in [-0.05, 0) is 53.0 Å². The first-order chi connectivity index (χ1) is 10.1. The Balaban J connectivity index is 2.01. The Hall–Kier alpha value is -0.860. The molecule has 3 atom stereocenters. The van der Waals surface area contributed by atoms with Gasteiger partial charge in [-0.2, -0.15) is 0 Å². The Kier molecular flexibility index (Phi) is 6.25. The smallest absolute Gasteiger partial charge is 0.404 e. The number of carbonyl (C=O) groups excluding carboxylic acids is 1. The van der Waals surface area contributed by atoms with E-state index in [1.807, 2.05) is 12.1 Å². The molecule has 116 valence electrons. The maximum absolute atomic E-state index is 10.9. The molecule has 1 aliphatic carbocycles. The van der Waals surface area contributed by atoms with Gasteiger partial charge in [0.15, 0.2) is 0 Å². The first kappa shape index (κ1) is 16.5. The molecule has 1 fully saturated rings. The van der Waals surface area contributed by atoms with E-state index in [4.69, 9.17) is 19.9 Å². The topological polar surface area (TPSA) is 70.8 Å². The van der Waals surface area contributed by atoms with Crippen molar-refractivity contribution >= 4 is 28.7 Å². The molecule has 6 heteroatoms. The summed E-state index contributed by atoms with van der Waals surface area (Å²) in [5, 5.41) is 0.